The van der Waals surface area contributed by atoms with Crippen LogP contribution in [0.4, 0.5) is 5.69 Å². The van der Waals surface area contributed by atoms with Gasteiger partial charge < -0.3 is 14.4 Å². The van der Waals surface area contributed by atoms with Crippen molar-refractivity contribution in [1.29, 1.82) is 0 Å². The lowest BCUT2D eigenvalue weighted by molar-refractivity contribution is 0.0984. The molecule has 2 aromatic carbocycles. The van der Waals surface area contributed by atoms with Crippen LogP contribution in [0, 0.1) is 6.92 Å². The average Bonchev–Trinajstić information content (AvgIpc) is 2.85. The second-order valence-corrected chi connectivity index (χ2v) is 6.40. The molecule has 0 aliphatic carbocycles. The predicted octanol–water partition coefficient (Wildman–Crippen LogP) is 3.75. The maximum Gasteiger partial charge on any atom is 0.258 e. The van der Waals surface area contributed by atoms with Crippen LogP contribution in [0.25, 0.3) is 0 Å². The van der Waals surface area contributed by atoms with Crippen LogP contribution in [0.3, 0.4) is 0 Å². The Morgan fingerprint density at radius 3 is 2.71 bits per heavy atom. The summed E-state index contributed by atoms with van der Waals surface area (Å²) in [6.07, 6.45) is 2.88. The molecule has 24 heavy (non-hydrogen) atoms. The molecule has 0 N–H and O–H groups in total. The first-order valence-electron chi connectivity index (χ1n) is 8.53. The normalized spacial score (nSPS) is 16.3. The fraction of sp³-hybridized carbons (Fsp3) is 0.350. The van der Waals surface area contributed by atoms with E-state index in [2.05, 4.69) is 25.1 Å². The molecule has 4 heteroatoms. The van der Waals surface area contributed by atoms with Crippen molar-refractivity contribution in [1.82, 2.24) is 0 Å². The van der Waals surface area contributed by atoms with E-state index in [4.69, 9.17) is 9.47 Å². The molecule has 2 aliphatic heterocycles. The van der Waals surface area contributed by atoms with Gasteiger partial charge in [0.2, 0.25) is 0 Å². The van der Waals surface area contributed by atoms with E-state index < -0.39 is 0 Å². The van der Waals surface area contributed by atoms with E-state index >= 15 is 0 Å². The van der Waals surface area contributed by atoms with E-state index in [0.29, 0.717) is 24.5 Å². The SMILES string of the molecule is Cc1ccc2c(c1)CCCN2C(=O)c1ccc2c(c1)OCCCO2. The molecule has 0 aromatic heterocycles. The van der Waals surface area contributed by atoms with Crippen molar-refractivity contribution in [2.24, 2.45) is 0 Å². The Hall–Kier alpha value is -2.49. The van der Waals surface area contributed by atoms with E-state index in [0.717, 1.165) is 37.2 Å². The number of nitrogens with zero attached hydrogens (tertiary/aromatic N) is 1. The summed E-state index contributed by atoms with van der Waals surface area (Å²) in [6, 6.07) is 11.8. The van der Waals surface area contributed by atoms with Gasteiger partial charge in [-0.2, -0.15) is 0 Å². The lowest BCUT2D eigenvalue weighted by Gasteiger charge is -2.30. The predicted molar refractivity (Wildman–Crippen MR) is 93.2 cm³/mol. The van der Waals surface area contributed by atoms with Gasteiger partial charge in [0.15, 0.2) is 11.5 Å². The largest absolute Gasteiger partial charge is 0.490 e. The van der Waals surface area contributed by atoms with Crippen molar-refractivity contribution in [3.8, 4) is 11.5 Å². The van der Waals surface area contributed by atoms with Crippen molar-refractivity contribution in [3.05, 3.63) is 53.1 Å². The molecule has 0 fully saturated rings. The number of hydrogen-bond acceptors (Lipinski definition) is 3. The van der Waals surface area contributed by atoms with Gasteiger partial charge in [-0.25, -0.2) is 0 Å². The van der Waals surface area contributed by atoms with Crippen LogP contribution in [-0.2, 0) is 6.42 Å². The van der Waals surface area contributed by atoms with Crippen molar-refractivity contribution in [3.63, 3.8) is 0 Å². The van der Waals surface area contributed by atoms with Gasteiger partial charge in [-0.05, 0) is 49.6 Å². The minimum atomic E-state index is 0.0236. The molecule has 4 nitrogen and oxygen atoms in total. The molecule has 1 amide bonds. The van der Waals surface area contributed by atoms with Gasteiger partial charge in [0, 0.05) is 24.2 Å². The van der Waals surface area contributed by atoms with Crippen LogP contribution < -0.4 is 14.4 Å². The van der Waals surface area contributed by atoms with Crippen molar-refractivity contribution in [2.75, 3.05) is 24.7 Å². The van der Waals surface area contributed by atoms with Crippen LogP contribution in [0.15, 0.2) is 36.4 Å². The number of rotatable bonds is 1. The number of carbonyl (C=O) groups is 1. The highest BCUT2D eigenvalue weighted by molar-refractivity contribution is 6.07. The summed E-state index contributed by atoms with van der Waals surface area (Å²) < 4.78 is 11.4. The monoisotopic (exact) mass is 323 g/mol. The quantitative estimate of drug-likeness (QED) is 0.802. The van der Waals surface area contributed by atoms with Gasteiger partial charge in [-0.15, -0.1) is 0 Å². The van der Waals surface area contributed by atoms with Gasteiger partial charge in [0.25, 0.3) is 5.91 Å². The minimum Gasteiger partial charge on any atom is -0.490 e. The maximum absolute atomic E-state index is 13.0. The molecule has 124 valence electrons. The van der Waals surface area contributed by atoms with E-state index in [1.54, 1.807) is 0 Å². The molecule has 4 rings (SSSR count). The molecular weight excluding hydrogens is 302 g/mol. The molecule has 0 bridgehead atoms. The van der Waals surface area contributed by atoms with Crippen LogP contribution in [-0.4, -0.2) is 25.7 Å². The number of fused-ring (bicyclic) bond motifs is 2. The Bertz CT molecular complexity index is 784. The van der Waals surface area contributed by atoms with Crippen molar-refractivity contribution in [2.45, 2.75) is 26.2 Å². The Kier molecular flexibility index (Phi) is 3.89. The van der Waals surface area contributed by atoms with Gasteiger partial charge >= 0.3 is 0 Å². The summed E-state index contributed by atoms with van der Waals surface area (Å²) in [5.74, 6) is 1.41. The molecule has 0 saturated heterocycles. The molecule has 0 atom stereocenters. The molecule has 0 radical (unpaired) electrons. The Labute approximate surface area is 142 Å². The van der Waals surface area contributed by atoms with Gasteiger partial charge in [-0.1, -0.05) is 17.7 Å². The zero-order valence-electron chi connectivity index (χ0n) is 13.9. The van der Waals surface area contributed by atoms with Gasteiger partial charge in [0.05, 0.1) is 13.2 Å². The lowest BCUT2D eigenvalue weighted by Crippen LogP contribution is -2.35. The van der Waals surface area contributed by atoms with E-state index in [1.807, 2.05) is 23.1 Å². The zero-order chi connectivity index (χ0) is 16.5. The number of carbonyl (C=O) groups excluding carboxylic acids is 1. The smallest absolute Gasteiger partial charge is 0.258 e. The van der Waals surface area contributed by atoms with Gasteiger partial charge in [-0.3, -0.25) is 4.79 Å². The summed E-state index contributed by atoms with van der Waals surface area (Å²) in [5, 5.41) is 0. The Balaban J connectivity index is 1.66. The highest BCUT2D eigenvalue weighted by atomic mass is 16.5. The highest BCUT2D eigenvalue weighted by Gasteiger charge is 2.24. The summed E-state index contributed by atoms with van der Waals surface area (Å²) >= 11 is 0. The number of aryl methyl sites for hydroxylation is 2. The Morgan fingerprint density at radius 2 is 1.83 bits per heavy atom. The first-order chi connectivity index (χ1) is 11.7. The number of ether oxygens (including phenoxy) is 2. The van der Waals surface area contributed by atoms with Crippen LogP contribution in [0.2, 0.25) is 0 Å². The van der Waals surface area contributed by atoms with Crippen LogP contribution in [0.1, 0.15) is 34.3 Å². The van der Waals surface area contributed by atoms with Crippen molar-refractivity contribution >= 4 is 11.6 Å². The fourth-order valence-electron chi connectivity index (χ4n) is 3.39. The summed E-state index contributed by atoms with van der Waals surface area (Å²) in [6.45, 7) is 4.11. The number of hydrogen-bond donors (Lipinski definition) is 0. The summed E-state index contributed by atoms with van der Waals surface area (Å²) in [5.41, 5.74) is 4.17. The Morgan fingerprint density at radius 1 is 1.00 bits per heavy atom. The van der Waals surface area contributed by atoms with Crippen LogP contribution >= 0.6 is 0 Å². The average molecular weight is 323 g/mol. The first kappa shape index (κ1) is 15.1. The highest BCUT2D eigenvalue weighted by Crippen LogP contribution is 2.33. The molecule has 0 saturated carbocycles. The van der Waals surface area contributed by atoms with Gasteiger partial charge in [0.1, 0.15) is 0 Å². The third kappa shape index (κ3) is 2.73. The standard InChI is InChI=1S/C20H21NO3/c1-14-5-7-17-15(12-14)4-2-9-21(17)20(22)16-6-8-18-19(13-16)24-11-3-10-23-18/h5-8,12-13H,2-4,9-11H2,1H3. The number of amides is 1. The third-order valence-corrected chi connectivity index (χ3v) is 4.59. The van der Waals surface area contributed by atoms with Crippen molar-refractivity contribution < 1.29 is 14.3 Å². The molecular formula is C20H21NO3. The minimum absolute atomic E-state index is 0.0236. The molecule has 0 unspecified atom stereocenters. The topological polar surface area (TPSA) is 38.8 Å². The maximum atomic E-state index is 13.0. The number of anilines is 1. The zero-order valence-corrected chi connectivity index (χ0v) is 13.9. The number of benzene rings is 2. The van der Waals surface area contributed by atoms with E-state index in [-0.39, 0.29) is 5.91 Å². The second kappa shape index (κ2) is 6.19. The molecule has 2 aromatic rings. The molecule has 2 aliphatic rings. The summed E-state index contributed by atoms with van der Waals surface area (Å²) in [4.78, 5) is 14.9. The summed E-state index contributed by atoms with van der Waals surface area (Å²) in [7, 11) is 0. The van der Waals surface area contributed by atoms with Crippen LogP contribution in [0.5, 0.6) is 11.5 Å². The molecule has 0 spiro atoms. The third-order valence-electron chi connectivity index (χ3n) is 4.59. The second-order valence-electron chi connectivity index (χ2n) is 6.40. The first-order valence-corrected chi connectivity index (χ1v) is 8.53. The molecule has 2 heterocycles. The fourth-order valence-corrected chi connectivity index (χ4v) is 3.39. The lowest BCUT2D eigenvalue weighted by atomic mass is 9.99. The van der Waals surface area contributed by atoms with E-state index in [1.165, 1.54) is 11.1 Å². The van der Waals surface area contributed by atoms with E-state index in [9.17, 15) is 4.79 Å².